The van der Waals surface area contributed by atoms with Crippen LogP contribution in [0, 0.1) is 5.92 Å². The number of furan rings is 1. The minimum absolute atomic E-state index is 0. The highest BCUT2D eigenvalue weighted by Gasteiger charge is 2.14. The van der Waals surface area contributed by atoms with Gasteiger partial charge in [-0.1, -0.05) is 13.8 Å². The van der Waals surface area contributed by atoms with Crippen LogP contribution in [0.1, 0.15) is 25.3 Å². The second-order valence-corrected chi connectivity index (χ2v) is 6.28. The number of nitrogens with two attached hydrogens (primary N) is 1. The summed E-state index contributed by atoms with van der Waals surface area (Å²) in [7, 11) is 0. The van der Waals surface area contributed by atoms with Gasteiger partial charge in [0.2, 0.25) is 5.28 Å². The van der Waals surface area contributed by atoms with Crippen molar-refractivity contribution in [2.75, 3.05) is 5.32 Å². The molecule has 0 amide bonds. The molecule has 0 aliphatic carbocycles. The smallest absolute Gasteiger partial charge is 0.226 e. The SMILES string of the molecule is CC(C)C(N)Cc1cc2c(NCc3ccco3)nc(Cl)nc2[nH]1.Cl. The van der Waals surface area contributed by atoms with Crippen LogP contribution in [0.3, 0.4) is 0 Å². The maximum atomic E-state index is 6.15. The van der Waals surface area contributed by atoms with E-state index in [4.69, 9.17) is 21.8 Å². The number of rotatable bonds is 6. The Hall–Kier alpha value is -1.76. The molecule has 0 bridgehead atoms. The predicted molar refractivity (Wildman–Crippen MR) is 98.7 cm³/mol. The summed E-state index contributed by atoms with van der Waals surface area (Å²) in [4.78, 5) is 11.8. The first-order valence-corrected chi connectivity index (χ1v) is 7.97. The Morgan fingerprint density at radius 3 is 2.83 bits per heavy atom. The fourth-order valence-electron chi connectivity index (χ4n) is 2.35. The number of aromatic nitrogens is 3. The van der Waals surface area contributed by atoms with Crippen LogP contribution in [-0.2, 0) is 13.0 Å². The van der Waals surface area contributed by atoms with E-state index in [9.17, 15) is 0 Å². The quantitative estimate of drug-likeness (QED) is 0.575. The molecule has 0 aromatic carbocycles. The molecule has 24 heavy (non-hydrogen) atoms. The molecule has 0 saturated carbocycles. The van der Waals surface area contributed by atoms with E-state index in [1.54, 1.807) is 6.26 Å². The molecule has 130 valence electrons. The van der Waals surface area contributed by atoms with Gasteiger partial charge in [0, 0.05) is 18.2 Å². The zero-order chi connectivity index (χ0) is 16.4. The zero-order valence-electron chi connectivity index (χ0n) is 13.5. The number of hydrogen-bond donors (Lipinski definition) is 3. The largest absolute Gasteiger partial charge is 0.467 e. The molecule has 0 spiro atoms. The molecule has 8 heteroatoms. The highest BCUT2D eigenvalue weighted by Crippen LogP contribution is 2.24. The topological polar surface area (TPSA) is 92.8 Å². The summed E-state index contributed by atoms with van der Waals surface area (Å²) in [5.74, 6) is 1.91. The van der Waals surface area contributed by atoms with Gasteiger partial charge in [0.15, 0.2) is 0 Å². The van der Waals surface area contributed by atoms with Crippen LogP contribution >= 0.6 is 24.0 Å². The van der Waals surface area contributed by atoms with E-state index in [0.29, 0.717) is 23.9 Å². The second-order valence-electron chi connectivity index (χ2n) is 5.94. The number of hydrogen-bond acceptors (Lipinski definition) is 5. The minimum atomic E-state index is 0. The van der Waals surface area contributed by atoms with Crippen molar-refractivity contribution in [2.24, 2.45) is 11.7 Å². The first kappa shape index (κ1) is 18.6. The van der Waals surface area contributed by atoms with Crippen LogP contribution in [0.2, 0.25) is 5.28 Å². The lowest BCUT2D eigenvalue weighted by molar-refractivity contribution is 0.487. The number of aromatic amines is 1. The molecule has 1 unspecified atom stereocenters. The Morgan fingerprint density at radius 1 is 1.38 bits per heavy atom. The fraction of sp³-hybridized carbons (Fsp3) is 0.375. The summed E-state index contributed by atoms with van der Waals surface area (Å²) in [6.07, 6.45) is 2.39. The number of anilines is 1. The number of nitrogens with one attached hydrogen (secondary N) is 2. The average Bonchev–Trinajstić information content (AvgIpc) is 3.13. The Morgan fingerprint density at radius 2 is 2.17 bits per heavy atom. The van der Waals surface area contributed by atoms with Crippen molar-refractivity contribution in [3.8, 4) is 0 Å². The highest BCUT2D eigenvalue weighted by molar-refractivity contribution is 6.28. The van der Waals surface area contributed by atoms with Gasteiger partial charge < -0.3 is 20.5 Å². The van der Waals surface area contributed by atoms with Crippen LogP contribution in [-0.4, -0.2) is 21.0 Å². The first-order valence-electron chi connectivity index (χ1n) is 7.60. The van der Waals surface area contributed by atoms with E-state index in [1.807, 2.05) is 18.2 Å². The molecule has 3 aromatic rings. The van der Waals surface area contributed by atoms with Crippen LogP contribution < -0.4 is 11.1 Å². The van der Waals surface area contributed by atoms with Crippen LogP contribution in [0.25, 0.3) is 11.0 Å². The second kappa shape index (κ2) is 7.88. The summed E-state index contributed by atoms with van der Waals surface area (Å²) in [6.45, 7) is 4.75. The molecule has 1 atom stereocenters. The van der Waals surface area contributed by atoms with Crippen molar-refractivity contribution >= 4 is 40.9 Å². The molecule has 3 rings (SSSR count). The molecule has 0 radical (unpaired) electrons. The van der Waals surface area contributed by atoms with E-state index in [2.05, 4.69) is 34.1 Å². The molecule has 6 nitrogen and oxygen atoms in total. The van der Waals surface area contributed by atoms with Crippen LogP contribution in [0.4, 0.5) is 5.82 Å². The Balaban J connectivity index is 0.00000208. The molecule has 0 fully saturated rings. The van der Waals surface area contributed by atoms with Gasteiger partial charge in [-0.2, -0.15) is 4.98 Å². The number of H-pyrrole nitrogens is 1. The van der Waals surface area contributed by atoms with Gasteiger partial charge >= 0.3 is 0 Å². The number of nitrogens with zero attached hydrogens (tertiary/aromatic N) is 2. The lowest BCUT2D eigenvalue weighted by Crippen LogP contribution is -2.28. The molecular formula is C16H21Cl2N5O. The van der Waals surface area contributed by atoms with Crippen molar-refractivity contribution in [1.82, 2.24) is 15.0 Å². The number of fused-ring (bicyclic) bond motifs is 1. The molecule has 3 heterocycles. The summed E-state index contributed by atoms with van der Waals surface area (Å²) < 4.78 is 5.32. The summed E-state index contributed by atoms with van der Waals surface area (Å²) >= 11 is 6.02. The van der Waals surface area contributed by atoms with E-state index >= 15 is 0 Å². The Labute approximate surface area is 151 Å². The molecule has 0 aliphatic rings. The van der Waals surface area contributed by atoms with Gasteiger partial charge in [0.1, 0.15) is 17.2 Å². The third-order valence-electron chi connectivity index (χ3n) is 3.84. The first-order chi connectivity index (χ1) is 11.0. The van der Waals surface area contributed by atoms with Gasteiger partial charge in [-0.05, 0) is 35.7 Å². The van der Waals surface area contributed by atoms with E-state index in [-0.39, 0.29) is 23.7 Å². The normalized spacial score (nSPS) is 12.4. The van der Waals surface area contributed by atoms with Crippen LogP contribution in [0.15, 0.2) is 28.9 Å². The minimum Gasteiger partial charge on any atom is -0.467 e. The monoisotopic (exact) mass is 369 g/mol. The average molecular weight is 370 g/mol. The van der Waals surface area contributed by atoms with E-state index < -0.39 is 0 Å². The maximum Gasteiger partial charge on any atom is 0.226 e. The zero-order valence-corrected chi connectivity index (χ0v) is 15.1. The maximum absolute atomic E-state index is 6.15. The fourth-order valence-corrected chi connectivity index (χ4v) is 2.52. The van der Waals surface area contributed by atoms with Gasteiger partial charge in [-0.15, -0.1) is 12.4 Å². The van der Waals surface area contributed by atoms with Crippen LogP contribution in [0.5, 0.6) is 0 Å². The number of halogens is 2. The molecule has 0 saturated heterocycles. The standard InChI is InChI=1S/C16H20ClN5O.ClH/c1-9(2)13(18)7-10-6-12-14(19-8-11-4-3-5-23-11)21-16(17)22-15(12)20-10;/h3-6,9,13H,7-8,18H2,1-2H3,(H2,19,20,21,22);1H. The molecule has 4 N–H and O–H groups in total. The third-order valence-corrected chi connectivity index (χ3v) is 4.01. The van der Waals surface area contributed by atoms with Gasteiger partial charge in [0.05, 0.1) is 18.2 Å². The third kappa shape index (κ3) is 4.20. The molecule has 0 aliphatic heterocycles. The Kier molecular flexibility index (Phi) is 6.10. The lowest BCUT2D eigenvalue weighted by Gasteiger charge is -2.13. The lowest BCUT2D eigenvalue weighted by atomic mass is 10.0. The van der Waals surface area contributed by atoms with E-state index in [0.717, 1.165) is 23.3 Å². The van der Waals surface area contributed by atoms with Gasteiger partial charge in [-0.25, -0.2) is 4.98 Å². The van der Waals surface area contributed by atoms with Crippen molar-refractivity contribution in [2.45, 2.75) is 32.9 Å². The molecule has 3 aromatic heterocycles. The van der Waals surface area contributed by atoms with Gasteiger partial charge in [-0.3, -0.25) is 0 Å². The molecular weight excluding hydrogens is 349 g/mol. The summed E-state index contributed by atoms with van der Waals surface area (Å²) in [6, 6.07) is 5.86. The highest BCUT2D eigenvalue weighted by atomic mass is 35.5. The summed E-state index contributed by atoms with van der Waals surface area (Å²) in [5, 5.41) is 4.33. The predicted octanol–water partition coefficient (Wildman–Crippen LogP) is 3.76. The van der Waals surface area contributed by atoms with Crippen molar-refractivity contribution in [3.05, 3.63) is 41.2 Å². The Bertz CT molecular complexity index is 785. The van der Waals surface area contributed by atoms with Crippen molar-refractivity contribution in [3.63, 3.8) is 0 Å². The summed E-state index contributed by atoms with van der Waals surface area (Å²) in [5.41, 5.74) is 7.88. The van der Waals surface area contributed by atoms with E-state index in [1.165, 1.54) is 0 Å². The van der Waals surface area contributed by atoms with Crippen molar-refractivity contribution < 1.29 is 4.42 Å². The van der Waals surface area contributed by atoms with Gasteiger partial charge in [0.25, 0.3) is 0 Å². The van der Waals surface area contributed by atoms with Crippen molar-refractivity contribution in [1.29, 1.82) is 0 Å².